The van der Waals surface area contributed by atoms with Gasteiger partial charge in [-0.2, -0.15) is 0 Å². The Morgan fingerprint density at radius 3 is 2.88 bits per heavy atom. The van der Waals surface area contributed by atoms with Crippen LogP contribution >= 0.6 is 0 Å². The van der Waals surface area contributed by atoms with Gasteiger partial charge in [0.1, 0.15) is 0 Å². The molecule has 0 radical (unpaired) electrons. The van der Waals surface area contributed by atoms with Crippen LogP contribution in [0.2, 0.25) is 0 Å². The van der Waals surface area contributed by atoms with Crippen molar-refractivity contribution in [3.05, 3.63) is 12.5 Å². The van der Waals surface area contributed by atoms with E-state index in [0.29, 0.717) is 12.6 Å². The second-order valence-corrected chi connectivity index (χ2v) is 5.91. The number of sulfonamides is 1. The van der Waals surface area contributed by atoms with Crippen LogP contribution in [0.15, 0.2) is 17.6 Å². The Morgan fingerprint density at radius 2 is 2.35 bits per heavy atom. The third kappa shape index (κ3) is 3.27. The van der Waals surface area contributed by atoms with Crippen LogP contribution in [-0.2, 0) is 10.0 Å². The molecular weight excluding hydrogens is 240 g/mol. The fraction of sp³-hybridized carbons (Fsp3) is 0.700. The van der Waals surface area contributed by atoms with Crippen molar-refractivity contribution in [1.29, 1.82) is 0 Å². The molecule has 96 valence electrons. The van der Waals surface area contributed by atoms with Crippen LogP contribution < -0.4 is 4.72 Å². The molecular formula is C10H18N4O2S. The largest absolute Gasteiger partial charge is 0.335 e. The van der Waals surface area contributed by atoms with E-state index in [4.69, 9.17) is 0 Å². The Hall–Kier alpha value is -0.920. The average molecular weight is 258 g/mol. The molecule has 2 rings (SSSR count). The molecule has 2 N–H and O–H groups in total. The van der Waals surface area contributed by atoms with E-state index < -0.39 is 10.0 Å². The molecule has 1 fully saturated rings. The maximum atomic E-state index is 11.7. The van der Waals surface area contributed by atoms with Crippen molar-refractivity contribution in [2.24, 2.45) is 0 Å². The van der Waals surface area contributed by atoms with Gasteiger partial charge in [-0.3, -0.25) is 4.90 Å². The maximum Gasteiger partial charge on any atom is 0.257 e. The molecule has 1 aliphatic rings. The van der Waals surface area contributed by atoms with Gasteiger partial charge in [0, 0.05) is 19.1 Å². The lowest BCUT2D eigenvalue weighted by Crippen LogP contribution is -2.36. The predicted octanol–water partition coefficient (Wildman–Crippen LogP) is 0.172. The number of imidazole rings is 1. The number of nitrogens with one attached hydrogen (secondary N) is 2. The molecule has 0 saturated heterocycles. The number of H-pyrrole nitrogens is 1. The Balaban J connectivity index is 1.81. The number of aromatic nitrogens is 2. The monoisotopic (exact) mass is 258 g/mol. The van der Waals surface area contributed by atoms with Crippen molar-refractivity contribution in [3.63, 3.8) is 0 Å². The van der Waals surface area contributed by atoms with Gasteiger partial charge in [0.25, 0.3) is 10.0 Å². The van der Waals surface area contributed by atoms with E-state index in [-0.39, 0.29) is 5.03 Å². The minimum absolute atomic E-state index is 0.118. The van der Waals surface area contributed by atoms with Crippen LogP contribution in [0, 0.1) is 0 Å². The number of hydrogen-bond donors (Lipinski definition) is 2. The summed E-state index contributed by atoms with van der Waals surface area (Å²) in [5.41, 5.74) is 0. The lowest BCUT2D eigenvalue weighted by atomic mass is 10.4. The molecule has 0 aromatic carbocycles. The van der Waals surface area contributed by atoms with Crippen molar-refractivity contribution >= 4 is 10.0 Å². The molecule has 1 aromatic heterocycles. The summed E-state index contributed by atoms with van der Waals surface area (Å²) in [5.74, 6) is 0. The van der Waals surface area contributed by atoms with Crippen molar-refractivity contribution in [2.45, 2.75) is 30.8 Å². The average Bonchev–Trinajstić information content (AvgIpc) is 2.96. The zero-order valence-electron chi connectivity index (χ0n) is 9.89. The molecule has 17 heavy (non-hydrogen) atoms. The fourth-order valence-corrected chi connectivity index (χ4v) is 2.75. The Morgan fingerprint density at radius 1 is 1.59 bits per heavy atom. The van der Waals surface area contributed by atoms with E-state index in [2.05, 4.69) is 26.5 Å². The normalized spacial score (nSPS) is 16.6. The van der Waals surface area contributed by atoms with Crippen LogP contribution in [-0.4, -0.2) is 49.0 Å². The van der Waals surface area contributed by atoms with Crippen LogP contribution in [0.4, 0.5) is 0 Å². The van der Waals surface area contributed by atoms with Gasteiger partial charge >= 0.3 is 0 Å². The first-order chi connectivity index (χ1) is 8.13. The molecule has 1 aliphatic carbocycles. The summed E-state index contributed by atoms with van der Waals surface area (Å²) in [4.78, 5) is 8.59. The molecule has 7 heteroatoms. The van der Waals surface area contributed by atoms with E-state index in [9.17, 15) is 8.42 Å². The first-order valence-corrected chi connectivity index (χ1v) is 7.34. The van der Waals surface area contributed by atoms with Gasteiger partial charge < -0.3 is 4.98 Å². The highest BCUT2D eigenvalue weighted by Gasteiger charge is 2.27. The number of aromatic amines is 1. The van der Waals surface area contributed by atoms with Gasteiger partial charge in [-0.05, 0) is 19.4 Å². The molecule has 1 aromatic rings. The minimum atomic E-state index is -3.42. The second kappa shape index (κ2) is 5.16. The minimum Gasteiger partial charge on any atom is -0.335 e. The van der Waals surface area contributed by atoms with E-state index in [1.165, 1.54) is 25.4 Å². The standard InChI is InChI=1S/C10H18N4O2S/c1-2-14(9-3-4-9)6-5-13-17(15,16)10-7-11-8-12-10/h7-9,13H,2-6H2,1H3,(H,11,12). The summed E-state index contributed by atoms with van der Waals surface area (Å²) in [6, 6.07) is 0.664. The molecule has 0 unspecified atom stereocenters. The topological polar surface area (TPSA) is 78.1 Å². The number of likely N-dealkylation sites (N-methyl/N-ethyl adjacent to an activating group) is 1. The summed E-state index contributed by atoms with van der Waals surface area (Å²) in [7, 11) is -3.42. The van der Waals surface area contributed by atoms with Crippen molar-refractivity contribution < 1.29 is 8.42 Å². The van der Waals surface area contributed by atoms with Gasteiger partial charge in [0.2, 0.25) is 0 Å². The molecule has 0 spiro atoms. The van der Waals surface area contributed by atoms with Gasteiger partial charge in [-0.1, -0.05) is 6.92 Å². The van der Waals surface area contributed by atoms with Crippen LogP contribution in [0.1, 0.15) is 19.8 Å². The van der Waals surface area contributed by atoms with Gasteiger partial charge in [-0.25, -0.2) is 18.1 Å². The predicted molar refractivity (Wildman–Crippen MR) is 64.0 cm³/mol. The Kier molecular flexibility index (Phi) is 3.80. The van der Waals surface area contributed by atoms with E-state index >= 15 is 0 Å². The highest BCUT2D eigenvalue weighted by Crippen LogP contribution is 2.25. The molecule has 1 heterocycles. The summed E-state index contributed by atoms with van der Waals surface area (Å²) >= 11 is 0. The number of rotatable bonds is 7. The zero-order chi connectivity index (χ0) is 12.3. The van der Waals surface area contributed by atoms with Gasteiger partial charge in [0.15, 0.2) is 5.03 Å². The molecule has 1 saturated carbocycles. The van der Waals surface area contributed by atoms with Crippen LogP contribution in [0.3, 0.4) is 0 Å². The smallest absolute Gasteiger partial charge is 0.257 e. The summed E-state index contributed by atoms with van der Waals surface area (Å²) in [6.45, 7) is 4.26. The highest BCUT2D eigenvalue weighted by atomic mass is 32.2. The fourth-order valence-electron chi connectivity index (χ4n) is 1.83. The highest BCUT2D eigenvalue weighted by molar-refractivity contribution is 7.89. The van der Waals surface area contributed by atoms with E-state index in [1.807, 2.05) is 0 Å². The molecule has 0 aliphatic heterocycles. The SMILES string of the molecule is CCN(CCNS(=O)(=O)c1cnc[nH]1)C1CC1. The number of hydrogen-bond acceptors (Lipinski definition) is 4. The molecule has 0 amide bonds. The van der Waals surface area contributed by atoms with Crippen molar-refractivity contribution in [1.82, 2.24) is 19.6 Å². The zero-order valence-corrected chi connectivity index (χ0v) is 10.7. The van der Waals surface area contributed by atoms with Gasteiger partial charge in [0.05, 0.1) is 12.5 Å². The summed E-state index contributed by atoms with van der Waals surface area (Å²) < 4.78 is 26.1. The maximum absolute atomic E-state index is 11.7. The third-order valence-electron chi connectivity index (χ3n) is 2.92. The summed E-state index contributed by atoms with van der Waals surface area (Å²) in [5, 5.41) is 0.118. The van der Waals surface area contributed by atoms with Crippen molar-refractivity contribution in [2.75, 3.05) is 19.6 Å². The first-order valence-electron chi connectivity index (χ1n) is 5.85. The Labute approximate surface area is 101 Å². The Bertz CT molecular complexity index is 439. The quantitative estimate of drug-likeness (QED) is 0.731. The van der Waals surface area contributed by atoms with Crippen LogP contribution in [0.5, 0.6) is 0 Å². The first kappa shape index (κ1) is 12.5. The molecule has 6 nitrogen and oxygen atoms in total. The second-order valence-electron chi connectivity index (χ2n) is 4.17. The van der Waals surface area contributed by atoms with Crippen molar-refractivity contribution in [3.8, 4) is 0 Å². The number of nitrogens with zero attached hydrogens (tertiary/aromatic N) is 2. The van der Waals surface area contributed by atoms with Crippen LogP contribution in [0.25, 0.3) is 0 Å². The van der Waals surface area contributed by atoms with E-state index in [1.54, 1.807) is 0 Å². The van der Waals surface area contributed by atoms with Gasteiger partial charge in [-0.15, -0.1) is 0 Å². The third-order valence-corrected chi connectivity index (χ3v) is 4.31. The van der Waals surface area contributed by atoms with E-state index in [0.717, 1.165) is 13.1 Å². The lowest BCUT2D eigenvalue weighted by molar-refractivity contribution is 0.282. The molecule has 0 atom stereocenters. The molecule has 0 bridgehead atoms. The summed E-state index contributed by atoms with van der Waals surface area (Å²) in [6.07, 6.45) is 5.14. The lowest BCUT2D eigenvalue weighted by Gasteiger charge is -2.19.